The van der Waals surface area contributed by atoms with E-state index in [-0.39, 0.29) is 0 Å². The third kappa shape index (κ3) is 5.21. The normalized spacial score (nSPS) is 12.4. The number of nitrogens with one attached hydrogen (secondary N) is 2. The lowest BCUT2D eigenvalue weighted by Gasteiger charge is -2.15. The summed E-state index contributed by atoms with van der Waals surface area (Å²) in [5.41, 5.74) is 2.61. The van der Waals surface area contributed by atoms with E-state index in [9.17, 15) is 0 Å². The first-order valence-electron chi connectivity index (χ1n) is 7.26. The standard InChI is InChI=1S/C16H28N2O/c1-5-13(10-17-3)11-18-12-14-7-8-16(19-4)15(6-2)9-14/h7-9,13,17-18H,5-6,10-12H2,1-4H3. The Morgan fingerprint density at radius 3 is 2.58 bits per heavy atom. The van der Waals surface area contributed by atoms with Crippen molar-refractivity contribution in [1.29, 1.82) is 0 Å². The Kier molecular flexibility index (Phi) is 7.53. The summed E-state index contributed by atoms with van der Waals surface area (Å²) in [6.07, 6.45) is 2.21. The molecule has 0 aliphatic carbocycles. The third-order valence-electron chi connectivity index (χ3n) is 3.56. The van der Waals surface area contributed by atoms with Gasteiger partial charge in [-0.25, -0.2) is 0 Å². The first-order valence-corrected chi connectivity index (χ1v) is 7.26. The molecule has 1 rings (SSSR count). The van der Waals surface area contributed by atoms with Crippen molar-refractivity contribution < 1.29 is 4.74 Å². The molecule has 0 aliphatic heterocycles. The predicted octanol–water partition coefficient (Wildman–Crippen LogP) is 2.59. The summed E-state index contributed by atoms with van der Waals surface area (Å²) in [4.78, 5) is 0. The van der Waals surface area contributed by atoms with Crippen LogP contribution in [0.5, 0.6) is 5.75 Å². The molecule has 19 heavy (non-hydrogen) atoms. The lowest BCUT2D eigenvalue weighted by atomic mass is 10.1. The largest absolute Gasteiger partial charge is 0.496 e. The van der Waals surface area contributed by atoms with Crippen LogP contribution in [0.25, 0.3) is 0 Å². The summed E-state index contributed by atoms with van der Waals surface area (Å²) in [5.74, 6) is 1.70. The van der Waals surface area contributed by atoms with Crippen LogP contribution in [0.3, 0.4) is 0 Å². The summed E-state index contributed by atoms with van der Waals surface area (Å²) in [6.45, 7) is 7.47. The van der Waals surface area contributed by atoms with Crippen LogP contribution in [0.4, 0.5) is 0 Å². The smallest absolute Gasteiger partial charge is 0.122 e. The zero-order chi connectivity index (χ0) is 14.1. The molecule has 0 bridgehead atoms. The first kappa shape index (κ1) is 16.0. The van der Waals surface area contributed by atoms with E-state index in [1.54, 1.807) is 7.11 Å². The van der Waals surface area contributed by atoms with Crippen molar-refractivity contribution in [2.75, 3.05) is 27.2 Å². The lowest BCUT2D eigenvalue weighted by Crippen LogP contribution is -2.29. The highest BCUT2D eigenvalue weighted by atomic mass is 16.5. The van der Waals surface area contributed by atoms with Crippen LogP contribution >= 0.6 is 0 Å². The van der Waals surface area contributed by atoms with Gasteiger partial charge in [-0.2, -0.15) is 0 Å². The van der Waals surface area contributed by atoms with Crippen molar-refractivity contribution in [1.82, 2.24) is 10.6 Å². The summed E-state index contributed by atoms with van der Waals surface area (Å²) in [7, 11) is 3.75. The molecule has 0 spiro atoms. The molecule has 3 nitrogen and oxygen atoms in total. The van der Waals surface area contributed by atoms with Gasteiger partial charge in [0.25, 0.3) is 0 Å². The van der Waals surface area contributed by atoms with Crippen LogP contribution in [-0.2, 0) is 13.0 Å². The van der Waals surface area contributed by atoms with E-state index in [1.165, 1.54) is 17.5 Å². The number of ether oxygens (including phenoxy) is 1. The SMILES string of the molecule is CCc1cc(CNCC(CC)CNC)ccc1OC. The van der Waals surface area contributed by atoms with Crippen molar-refractivity contribution in [3.8, 4) is 5.75 Å². The second kappa shape index (κ2) is 8.94. The average Bonchev–Trinajstić information content (AvgIpc) is 2.46. The van der Waals surface area contributed by atoms with Crippen molar-refractivity contribution in [2.45, 2.75) is 33.2 Å². The number of rotatable bonds is 9. The van der Waals surface area contributed by atoms with Gasteiger partial charge in [0.2, 0.25) is 0 Å². The van der Waals surface area contributed by atoms with Crippen molar-refractivity contribution >= 4 is 0 Å². The summed E-state index contributed by atoms with van der Waals surface area (Å²) in [5, 5.41) is 6.79. The summed E-state index contributed by atoms with van der Waals surface area (Å²) < 4.78 is 5.35. The van der Waals surface area contributed by atoms with Crippen molar-refractivity contribution in [3.05, 3.63) is 29.3 Å². The monoisotopic (exact) mass is 264 g/mol. The van der Waals surface area contributed by atoms with E-state index in [1.807, 2.05) is 7.05 Å². The predicted molar refractivity (Wildman–Crippen MR) is 81.8 cm³/mol. The fraction of sp³-hybridized carbons (Fsp3) is 0.625. The van der Waals surface area contributed by atoms with Gasteiger partial charge < -0.3 is 15.4 Å². The van der Waals surface area contributed by atoms with Gasteiger partial charge in [0, 0.05) is 6.54 Å². The Morgan fingerprint density at radius 2 is 2.00 bits per heavy atom. The number of hydrogen-bond acceptors (Lipinski definition) is 3. The molecule has 1 unspecified atom stereocenters. The molecule has 0 radical (unpaired) electrons. The highest BCUT2D eigenvalue weighted by molar-refractivity contribution is 5.37. The summed E-state index contributed by atoms with van der Waals surface area (Å²) >= 11 is 0. The van der Waals surface area contributed by atoms with E-state index in [4.69, 9.17) is 4.74 Å². The molecular weight excluding hydrogens is 236 g/mol. The van der Waals surface area contributed by atoms with Gasteiger partial charge in [-0.05, 0) is 49.7 Å². The lowest BCUT2D eigenvalue weighted by molar-refractivity contribution is 0.409. The minimum absolute atomic E-state index is 0.703. The maximum Gasteiger partial charge on any atom is 0.122 e. The highest BCUT2D eigenvalue weighted by Crippen LogP contribution is 2.20. The van der Waals surface area contributed by atoms with Gasteiger partial charge >= 0.3 is 0 Å². The fourth-order valence-corrected chi connectivity index (χ4v) is 2.29. The molecule has 0 saturated heterocycles. The second-order valence-electron chi connectivity index (χ2n) is 4.96. The molecule has 0 saturated carbocycles. The molecule has 1 aromatic rings. The minimum atomic E-state index is 0.703. The van der Waals surface area contributed by atoms with Crippen molar-refractivity contribution in [3.63, 3.8) is 0 Å². The van der Waals surface area contributed by atoms with Crippen LogP contribution in [0.1, 0.15) is 31.4 Å². The maximum atomic E-state index is 5.35. The van der Waals surface area contributed by atoms with Crippen molar-refractivity contribution in [2.24, 2.45) is 5.92 Å². The van der Waals surface area contributed by atoms with Crippen LogP contribution < -0.4 is 15.4 Å². The first-order chi connectivity index (χ1) is 9.24. The number of hydrogen-bond donors (Lipinski definition) is 2. The van der Waals surface area contributed by atoms with Crippen LogP contribution in [0.2, 0.25) is 0 Å². The number of benzene rings is 1. The third-order valence-corrected chi connectivity index (χ3v) is 3.56. The molecule has 0 amide bonds. The van der Waals surface area contributed by atoms with Gasteiger partial charge in [0.1, 0.15) is 5.75 Å². The quantitative estimate of drug-likeness (QED) is 0.719. The molecule has 0 aromatic heterocycles. The highest BCUT2D eigenvalue weighted by Gasteiger charge is 2.05. The molecular formula is C16H28N2O. The molecule has 3 heteroatoms. The zero-order valence-electron chi connectivity index (χ0n) is 12.8. The zero-order valence-corrected chi connectivity index (χ0v) is 12.8. The Bertz CT molecular complexity index is 366. The molecule has 2 N–H and O–H groups in total. The van der Waals surface area contributed by atoms with Crippen LogP contribution in [0.15, 0.2) is 18.2 Å². The molecule has 0 aliphatic rings. The molecule has 0 heterocycles. The van der Waals surface area contributed by atoms with E-state index < -0.39 is 0 Å². The van der Waals surface area contributed by atoms with E-state index >= 15 is 0 Å². The van der Waals surface area contributed by atoms with Gasteiger partial charge in [0.15, 0.2) is 0 Å². The summed E-state index contributed by atoms with van der Waals surface area (Å²) in [6, 6.07) is 6.45. The average molecular weight is 264 g/mol. The van der Waals surface area contributed by atoms with E-state index in [2.05, 4.69) is 42.7 Å². The Hall–Kier alpha value is -1.06. The Balaban J connectivity index is 2.49. The number of methoxy groups -OCH3 is 1. The van der Waals surface area contributed by atoms with Gasteiger partial charge in [-0.15, -0.1) is 0 Å². The minimum Gasteiger partial charge on any atom is -0.496 e. The second-order valence-corrected chi connectivity index (χ2v) is 4.96. The molecule has 108 valence electrons. The topological polar surface area (TPSA) is 33.3 Å². The van der Waals surface area contributed by atoms with Gasteiger partial charge in [-0.3, -0.25) is 0 Å². The van der Waals surface area contributed by atoms with E-state index in [0.717, 1.165) is 31.8 Å². The fourth-order valence-electron chi connectivity index (χ4n) is 2.29. The van der Waals surface area contributed by atoms with Crippen LogP contribution in [-0.4, -0.2) is 27.2 Å². The van der Waals surface area contributed by atoms with Gasteiger partial charge in [0.05, 0.1) is 7.11 Å². The maximum absolute atomic E-state index is 5.35. The van der Waals surface area contributed by atoms with Crippen LogP contribution in [0, 0.1) is 5.92 Å². The van der Waals surface area contributed by atoms with E-state index in [0.29, 0.717) is 5.92 Å². The molecule has 1 aromatic carbocycles. The molecule has 1 atom stereocenters. The Labute approximate surface area is 117 Å². The molecule has 0 fully saturated rings. The Morgan fingerprint density at radius 1 is 1.21 bits per heavy atom. The van der Waals surface area contributed by atoms with Gasteiger partial charge in [-0.1, -0.05) is 32.4 Å². The number of aryl methyl sites for hydroxylation is 1.